The summed E-state index contributed by atoms with van der Waals surface area (Å²) in [6, 6.07) is 48.5. The van der Waals surface area contributed by atoms with Gasteiger partial charge in [-0.3, -0.25) is 0 Å². The van der Waals surface area contributed by atoms with E-state index in [1.165, 1.54) is 156 Å². The minimum absolute atomic E-state index is 0.00782. The highest BCUT2D eigenvalue weighted by molar-refractivity contribution is 7.27. The van der Waals surface area contributed by atoms with Crippen LogP contribution in [0.3, 0.4) is 0 Å². The summed E-state index contributed by atoms with van der Waals surface area (Å²) in [6.45, 7) is 31.7. The third-order valence-corrected chi connectivity index (χ3v) is 21.6. The summed E-state index contributed by atoms with van der Waals surface area (Å²) in [6.07, 6.45) is 4.72. The molecule has 0 spiro atoms. The van der Waals surface area contributed by atoms with Gasteiger partial charge in [-0.1, -0.05) is 145 Å². The highest BCUT2D eigenvalue weighted by atomic mass is 32.1. The molecule has 5 aliphatic rings. The monoisotopic (exact) mass is 1010 g/mol. The van der Waals surface area contributed by atoms with Crippen LogP contribution in [0.4, 0.5) is 11.4 Å². The van der Waals surface area contributed by atoms with Crippen molar-refractivity contribution >= 4 is 104 Å². The van der Waals surface area contributed by atoms with Crippen LogP contribution in [-0.2, 0) is 32.5 Å². The lowest BCUT2D eigenvalue weighted by Gasteiger charge is -2.43. The molecule has 3 nitrogen and oxygen atoms in total. The molecule has 0 amide bonds. The average Bonchev–Trinajstić information content (AvgIpc) is 4.12. The molecule has 3 aromatic heterocycles. The third-order valence-electron chi connectivity index (χ3n) is 20.4. The van der Waals surface area contributed by atoms with Crippen molar-refractivity contribution in [3.63, 3.8) is 0 Å². The molecule has 5 heterocycles. The largest absolute Gasteiger partial charge is 0.456 e. The van der Waals surface area contributed by atoms with Crippen LogP contribution in [0.15, 0.2) is 126 Å². The number of furan rings is 1. The molecule has 76 heavy (non-hydrogen) atoms. The molecule has 376 valence electrons. The van der Waals surface area contributed by atoms with E-state index in [1.54, 1.807) is 0 Å². The Labute approximate surface area is 452 Å². The standard InChI is InChI=1S/C71H67BN2OS/c1-66(2,3)38-22-24-39(25-23-38)74-55-33-43-42-30-49-51(69(8,9)28-26-67(49,4)5)35-48(42)71(12,13)47(43)31-46(55)60-61-41-19-15-17-21-59(41)76-65(61)62-45-32-50-52(70(10,11)29-27-68(50,6)7)36-54(45)73-56-34-44-40-18-14-16-20-57(40)75-58(44)37-53(56)72(74)63(60)64(62)73/h14-25,30-37H,26-29H2,1-13H3. The van der Waals surface area contributed by atoms with Gasteiger partial charge < -0.3 is 13.8 Å². The lowest BCUT2D eigenvalue weighted by atomic mass is 9.43. The fourth-order valence-electron chi connectivity index (χ4n) is 15.7. The van der Waals surface area contributed by atoms with E-state index in [0.29, 0.717) is 0 Å². The Hall–Kier alpha value is -6.56. The Morgan fingerprint density at radius 1 is 0.513 bits per heavy atom. The quantitative estimate of drug-likeness (QED) is 0.153. The fourth-order valence-corrected chi connectivity index (χ4v) is 17.0. The first-order valence-corrected chi connectivity index (χ1v) is 29.1. The highest BCUT2D eigenvalue weighted by Gasteiger charge is 2.50. The van der Waals surface area contributed by atoms with Gasteiger partial charge in [-0.15, -0.1) is 11.3 Å². The van der Waals surface area contributed by atoms with Gasteiger partial charge in [-0.2, -0.15) is 0 Å². The smallest absolute Gasteiger partial charge is 0.333 e. The van der Waals surface area contributed by atoms with Crippen molar-refractivity contribution < 1.29 is 4.42 Å². The van der Waals surface area contributed by atoms with Crippen LogP contribution in [0.5, 0.6) is 0 Å². The van der Waals surface area contributed by atoms with Crippen LogP contribution in [0, 0.1) is 0 Å². The Morgan fingerprint density at radius 2 is 1.11 bits per heavy atom. The van der Waals surface area contributed by atoms with E-state index in [9.17, 15) is 0 Å². The first kappa shape index (κ1) is 45.6. The number of anilines is 2. The van der Waals surface area contributed by atoms with Crippen molar-refractivity contribution in [2.75, 3.05) is 4.81 Å². The second-order valence-corrected chi connectivity index (χ2v) is 29.2. The number of nitrogens with zero attached hydrogens (tertiary/aromatic N) is 2. The molecule has 16 rings (SSSR count). The first-order chi connectivity index (χ1) is 36.0. The molecule has 0 unspecified atom stereocenters. The molecule has 0 saturated carbocycles. The summed E-state index contributed by atoms with van der Waals surface area (Å²) in [5.41, 5.74) is 26.8. The third kappa shape index (κ3) is 5.66. The van der Waals surface area contributed by atoms with E-state index >= 15 is 0 Å². The van der Waals surface area contributed by atoms with Gasteiger partial charge in [0.1, 0.15) is 11.2 Å². The van der Waals surface area contributed by atoms with Gasteiger partial charge in [-0.25, -0.2) is 0 Å². The molecule has 0 fully saturated rings. The zero-order valence-corrected chi connectivity index (χ0v) is 47.5. The number of fused-ring (bicyclic) bond motifs is 21. The Balaban J connectivity index is 1.12. The van der Waals surface area contributed by atoms with E-state index in [0.717, 1.165) is 23.0 Å². The topological polar surface area (TPSA) is 21.3 Å². The molecular weight excluding hydrogens is 940 g/mol. The van der Waals surface area contributed by atoms with Gasteiger partial charge in [0.15, 0.2) is 0 Å². The molecular formula is C71H67BN2OS. The first-order valence-electron chi connectivity index (χ1n) is 28.3. The second-order valence-electron chi connectivity index (χ2n) is 28.2. The number of aromatic nitrogens is 1. The SMILES string of the molecule is CC(C)(C)c1ccc(N2B3c4cc5oc6ccccc6c5cc4-n4c5cc6c(cc5c5c7sc8ccccc8c7c(c3c54)-c3cc4c(cc32)-c2cc3c(cc2C4(C)C)C(C)(C)CCC3(C)C)C(C)(C)CCC6(C)C)cc1. The van der Waals surface area contributed by atoms with Crippen molar-refractivity contribution in [1.29, 1.82) is 0 Å². The summed E-state index contributed by atoms with van der Waals surface area (Å²) in [5, 5.41) is 7.84. The van der Waals surface area contributed by atoms with Crippen LogP contribution >= 0.6 is 11.3 Å². The van der Waals surface area contributed by atoms with Crippen LogP contribution < -0.4 is 15.7 Å². The van der Waals surface area contributed by atoms with Crippen LogP contribution in [-0.4, -0.2) is 11.4 Å². The number of rotatable bonds is 1. The molecule has 5 heteroatoms. The molecule has 0 bridgehead atoms. The maximum atomic E-state index is 6.97. The van der Waals surface area contributed by atoms with E-state index < -0.39 is 0 Å². The molecule has 3 aliphatic carbocycles. The minimum Gasteiger partial charge on any atom is -0.456 e. The maximum Gasteiger partial charge on any atom is 0.333 e. The highest BCUT2D eigenvalue weighted by Crippen LogP contribution is 2.60. The second kappa shape index (κ2) is 14.1. The summed E-state index contributed by atoms with van der Waals surface area (Å²) in [4.78, 5) is 2.77. The predicted molar refractivity (Wildman–Crippen MR) is 327 cm³/mol. The molecule has 8 aromatic carbocycles. The van der Waals surface area contributed by atoms with E-state index in [1.807, 2.05) is 11.3 Å². The molecule has 0 atom stereocenters. The number of benzene rings is 8. The number of para-hydroxylation sites is 1. The molecule has 0 N–H and O–H groups in total. The van der Waals surface area contributed by atoms with Crippen LogP contribution in [0.25, 0.3) is 91.9 Å². The van der Waals surface area contributed by atoms with Crippen LogP contribution in [0.1, 0.15) is 155 Å². The Morgan fingerprint density at radius 3 is 1.80 bits per heavy atom. The normalized spacial score (nSPS) is 18.9. The van der Waals surface area contributed by atoms with Gasteiger partial charge >= 0.3 is 6.85 Å². The molecule has 2 aliphatic heterocycles. The van der Waals surface area contributed by atoms with E-state index in [-0.39, 0.29) is 39.3 Å². The van der Waals surface area contributed by atoms with Crippen LogP contribution in [0.2, 0.25) is 0 Å². The van der Waals surface area contributed by atoms with Gasteiger partial charge in [0.05, 0.1) is 11.0 Å². The lowest BCUT2D eigenvalue weighted by molar-refractivity contribution is 0.331. The van der Waals surface area contributed by atoms with Crippen molar-refractivity contribution in [2.24, 2.45) is 0 Å². The number of hydrogen-bond donors (Lipinski definition) is 0. The van der Waals surface area contributed by atoms with Crippen molar-refractivity contribution in [2.45, 2.75) is 148 Å². The van der Waals surface area contributed by atoms with Gasteiger partial charge in [0.25, 0.3) is 0 Å². The zero-order chi connectivity index (χ0) is 52.3. The van der Waals surface area contributed by atoms with Crippen molar-refractivity contribution in [3.05, 3.63) is 160 Å². The minimum atomic E-state index is -0.216. The Bertz CT molecular complexity index is 4480. The number of hydrogen-bond acceptors (Lipinski definition) is 3. The summed E-state index contributed by atoms with van der Waals surface area (Å²) in [7, 11) is 0. The summed E-state index contributed by atoms with van der Waals surface area (Å²) in [5.74, 6) is 0. The molecule has 0 radical (unpaired) electrons. The zero-order valence-electron chi connectivity index (χ0n) is 46.7. The lowest BCUT2D eigenvalue weighted by Crippen LogP contribution is -2.60. The van der Waals surface area contributed by atoms with Crippen molar-refractivity contribution in [1.82, 2.24) is 4.57 Å². The van der Waals surface area contributed by atoms with Crippen molar-refractivity contribution in [3.8, 4) is 27.9 Å². The summed E-state index contributed by atoms with van der Waals surface area (Å²) >= 11 is 2.00. The number of thiophene rings is 1. The van der Waals surface area contributed by atoms with Gasteiger partial charge in [-0.05, 0) is 186 Å². The Kier molecular flexibility index (Phi) is 8.48. The molecule has 11 aromatic rings. The fraction of sp³-hybridized carbons (Fsp3) is 0.324. The van der Waals surface area contributed by atoms with Gasteiger partial charge in [0.2, 0.25) is 0 Å². The molecule has 0 saturated heterocycles. The summed E-state index contributed by atoms with van der Waals surface area (Å²) < 4.78 is 12.5. The van der Waals surface area contributed by atoms with E-state index in [4.69, 9.17) is 4.42 Å². The predicted octanol–water partition coefficient (Wildman–Crippen LogP) is 18.6. The maximum absolute atomic E-state index is 6.97. The van der Waals surface area contributed by atoms with Gasteiger partial charge in [0, 0.05) is 69.8 Å². The average molecular weight is 1010 g/mol. The van der Waals surface area contributed by atoms with E-state index in [2.05, 4.69) is 221 Å².